The van der Waals surface area contributed by atoms with E-state index < -0.39 is 17.5 Å². The first-order valence-corrected chi connectivity index (χ1v) is 7.06. The zero-order chi connectivity index (χ0) is 15.5. The number of likely N-dealkylation sites (N-methyl/N-ethyl adjacent to an activating group) is 1. The monoisotopic (exact) mass is 300 g/mol. The fraction of sp³-hybridized carbons (Fsp3) is 0.667. The van der Waals surface area contributed by atoms with E-state index in [0.29, 0.717) is 11.0 Å². The molecule has 0 unspecified atom stereocenters. The van der Waals surface area contributed by atoms with Crippen molar-refractivity contribution in [2.45, 2.75) is 39.7 Å². The van der Waals surface area contributed by atoms with Gasteiger partial charge >= 0.3 is 12.0 Å². The Labute approximate surface area is 122 Å². The second kappa shape index (κ2) is 6.17. The van der Waals surface area contributed by atoms with Crippen molar-refractivity contribution in [1.82, 2.24) is 15.1 Å². The third-order valence-corrected chi connectivity index (χ3v) is 3.79. The highest BCUT2D eigenvalue weighted by Gasteiger charge is 2.35. The van der Waals surface area contributed by atoms with Crippen LogP contribution in [-0.4, -0.2) is 44.8 Å². The number of nitrogens with one attached hydrogen (secondary N) is 1. The van der Waals surface area contributed by atoms with Crippen LogP contribution in [0.3, 0.4) is 0 Å². The van der Waals surface area contributed by atoms with Crippen LogP contribution >= 0.6 is 11.3 Å². The largest absolute Gasteiger partial charge is 0.480 e. The lowest BCUT2D eigenvalue weighted by molar-refractivity contribution is -0.146. The Bertz CT molecular complexity index is 499. The second-order valence-electron chi connectivity index (χ2n) is 5.45. The van der Waals surface area contributed by atoms with Gasteiger partial charge in [-0.3, -0.25) is 5.32 Å². The maximum absolute atomic E-state index is 12.0. The molecule has 112 valence electrons. The summed E-state index contributed by atoms with van der Waals surface area (Å²) in [6.45, 7) is 7.06. The van der Waals surface area contributed by atoms with Crippen LogP contribution in [0.25, 0.3) is 0 Å². The number of nitrogens with zero attached hydrogens (tertiary/aromatic N) is 3. The van der Waals surface area contributed by atoms with Crippen molar-refractivity contribution in [3.8, 4) is 0 Å². The molecule has 8 heteroatoms. The van der Waals surface area contributed by atoms with E-state index >= 15 is 0 Å². The van der Waals surface area contributed by atoms with Crippen LogP contribution in [0.15, 0.2) is 0 Å². The van der Waals surface area contributed by atoms with Gasteiger partial charge in [0.05, 0.1) is 0 Å². The Morgan fingerprint density at radius 1 is 1.40 bits per heavy atom. The molecule has 0 spiro atoms. The summed E-state index contributed by atoms with van der Waals surface area (Å²) in [6, 6.07) is -0.523. The average molecular weight is 300 g/mol. The number of aliphatic carboxylic acids is 1. The highest BCUT2D eigenvalue weighted by molar-refractivity contribution is 7.15. The predicted octanol–water partition coefficient (Wildman–Crippen LogP) is 2.06. The maximum Gasteiger partial charge on any atom is 0.329 e. The number of carbonyl (C=O) groups excluding carboxylic acids is 1. The van der Waals surface area contributed by atoms with Gasteiger partial charge in [-0.25, -0.2) is 9.59 Å². The number of hydrogen-bond donors (Lipinski definition) is 2. The Balaban J connectivity index is 2.71. The van der Waals surface area contributed by atoms with E-state index in [-0.39, 0.29) is 0 Å². The summed E-state index contributed by atoms with van der Waals surface area (Å²) >= 11 is 1.30. The SMILES string of the molecule is CC(C)Cc1nnc(NC(=O)N(C)C(C)(C)C(=O)O)s1. The molecular weight excluding hydrogens is 280 g/mol. The lowest BCUT2D eigenvalue weighted by atomic mass is 10.1. The minimum atomic E-state index is -1.30. The van der Waals surface area contributed by atoms with Gasteiger partial charge in [-0.2, -0.15) is 0 Å². The van der Waals surface area contributed by atoms with Crippen LogP contribution in [0.2, 0.25) is 0 Å². The molecule has 7 nitrogen and oxygen atoms in total. The quantitative estimate of drug-likeness (QED) is 0.868. The molecule has 0 radical (unpaired) electrons. The molecule has 2 N–H and O–H groups in total. The van der Waals surface area contributed by atoms with Crippen LogP contribution in [-0.2, 0) is 11.2 Å². The highest BCUT2D eigenvalue weighted by atomic mass is 32.1. The number of carboxylic acid groups (broad SMARTS) is 1. The molecule has 1 aromatic rings. The maximum atomic E-state index is 12.0. The molecule has 1 aromatic heterocycles. The number of hydrogen-bond acceptors (Lipinski definition) is 5. The van der Waals surface area contributed by atoms with Gasteiger partial charge in [0.2, 0.25) is 5.13 Å². The van der Waals surface area contributed by atoms with Gasteiger partial charge in [-0.05, 0) is 19.8 Å². The number of carboxylic acids is 1. The number of aromatic nitrogens is 2. The molecule has 0 bridgehead atoms. The summed E-state index contributed by atoms with van der Waals surface area (Å²) in [4.78, 5) is 24.2. The molecule has 0 saturated carbocycles. The van der Waals surface area contributed by atoms with Crippen molar-refractivity contribution < 1.29 is 14.7 Å². The van der Waals surface area contributed by atoms with E-state index in [1.165, 1.54) is 32.2 Å². The summed E-state index contributed by atoms with van der Waals surface area (Å²) in [5, 5.41) is 20.7. The van der Waals surface area contributed by atoms with Gasteiger partial charge in [0.25, 0.3) is 0 Å². The second-order valence-corrected chi connectivity index (χ2v) is 6.51. The first-order valence-electron chi connectivity index (χ1n) is 6.25. The first kappa shape index (κ1) is 16.4. The van der Waals surface area contributed by atoms with Crippen molar-refractivity contribution >= 4 is 28.5 Å². The molecule has 1 rings (SSSR count). The normalized spacial score (nSPS) is 11.5. The summed E-state index contributed by atoms with van der Waals surface area (Å²) in [5.74, 6) is -0.618. The van der Waals surface area contributed by atoms with E-state index in [4.69, 9.17) is 5.11 Å². The molecule has 20 heavy (non-hydrogen) atoms. The summed E-state index contributed by atoms with van der Waals surface area (Å²) in [6.07, 6.45) is 0.796. The van der Waals surface area contributed by atoms with Crippen LogP contribution in [0.4, 0.5) is 9.93 Å². The highest BCUT2D eigenvalue weighted by Crippen LogP contribution is 2.20. The molecule has 0 aliphatic heterocycles. The Kier molecular flexibility index (Phi) is 5.04. The number of carbonyl (C=O) groups is 2. The van der Waals surface area contributed by atoms with Gasteiger partial charge in [0.1, 0.15) is 10.5 Å². The zero-order valence-corrected chi connectivity index (χ0v) is 13.1. The molecule has 0 aromatic carbocycles. The summed E-state index contributed by atoms with van der Waals surface area (Å²) < 4.78 is 0. The fourth-order valence-electron chi connectivity index (χ4n) is 1.31. The Morgan fingerprint density at radius 2 is 2.00 bits per heavy atom. The van der Waals surface area contributed by atoms with Gasteiger partial charge in [0, 0.05) is 13.5 Å². The standard InChI is InChI=1S/C12H20N4O3S/c1-7(2)6-8-14-15-10(20-8)13-11(19)16(5)12(3,4)9(17)18/h7H,6H2,1-5H3,(H,17,18)(H,13,15,19). The molecule has 0 fully saturated rings. The van der Waals surface area contributed by atoms with Crippen molar-refractivity contribution in [2.75, 3.05) is 12.4 Å². The number of amides is 2. The van der Waals surface area contributed by atoms with E-state index in [9.17, 15) is 9.59 Å². The average Bonchev–Trinajstić information content (AvgIpc) is 2.74. The number of anilines is 1. The molecular formula is C12H20N4O3S. The van der Waals surface area contributed by atoms with E-state index in [2.05, 4.69) is 29.4 Å². The van der Waals surface area contributed by atoms with Crippen LogP contribution in [0.5, 0.6) is 0 Å². The van der Waals surface area contributed by atoms with Crippen molar-refractivity contribution in [3.05, 3.63) is 5.01 Å². The molecule has 0 aliphatic rings. The Morgan fingerprint density at radius 3 is 2.50 bits per heavy atom. The van der Waals surface area contributed by atoms with Gasteiger partial charge in [-0.1, -0.05) is 25.2 Å². The number of rotatable bonds is 5. The third-order valence-electron chi connectivity index (χ3n) is 2.93. The zero-order valence-electron chi connectivity index (χ0n) is 12.3. The van der Waals surface area contributed by atoms with E-state index in [1.54, 1.807) is 0 Å². The summed E-state index contributed by atoms with van der Waals surface area (Å²) in [5.41, 5.74) is -1.30. The molecule has 0 atom stereocenters. The first-order chi connectivity index (χ1) is 9.14. The third kappa shape index (κ3) is 3.89. The van der Waals surface area contributed by atoms with E-state index in [1.807, 2.05) is 0 Å². The van der Waals surface area contributed by atoms with E-state index in [0.717, 1.165) is 16.3 Å². The van der Waals surface area contributed by atoms with Gasteiger partial charge in [-0.15, -0.1) is 10.2 Å². The number of urea groups is 1. The van der Waals surface area contributed by atoms with Crippen LogP contribution < -0.4 is 5.32 Å². The molecule has 0 aliphatic carbocycles. The van der Waals surface area contributed by atoms with Gasteiger partial charge < -0.3 is 10.0 Å². The lowest BCUT2D eigenvalue weighted by Crippen LogP contribution is -2.52. The molecule has 1 heterocycles. The van der Waals surface area contributed by atoms with Crippen LogP contribution in [0, 0.1) is 5.92 Å². The van der Waals surface area contributed by atoms with Crippen LogP contribution in [0.1, 0.15) is 32.7 Å². The van der Waals surface area contributed by atoms with Crippen molar-refractivity contribution in [3.63, 3.8) is 0 Å². The molecule has 2 amide bonds. The minimum Gasteiger partial charge on any atom is -0.480 e. The van der Waals surface area contributed by atoms with Crippen molar-refractivity contribution in [1.29, 1.82) is 0 Å². The van der Waals surface area contributed by atoms with Crippen molar-refractivity contribution in [2.24, 2.45) is 5.92 Å². The Hall–Kier alpha value is -1.70. The van der Waals surface area contributed by atoms with Gasteiger partial charge in [0.15, 0.2) is 0 Å². The smallest absolute Gasteiger partial charge is 0.329 e. The molecule has 0 saturated heterocycles. The lowest BCUT2D eigenvalue weighted by Gasteiger charge is -2.30. The summed E-state index contributed by atoms with van der Waals surface area (Å²) in [7, 11) is 1.43. The minimum absolute atomic E-state index is 0.374. The predicted molar refractivity (Wildman–Crippen MR) is 76.9 cm³/mol. The topological polar surface area (TPSA) is 95.4 Å². The fourth-order valence-corrected chi connectivity index (χ4v) is 2.25.